The lowest BCUT2D eigenvalue weighted by molar-refractivity contribution is 0.540. The van der Waals surface area contributed by atoms with Gasteiger partial charge in [-0.1, -0.05) is 42.1 Å². The van der Waals surface area contributed by atoms with Crippen molar-refractivity contribution in [2.45, 2.75) is 13.0 Å². The van der Waals surface area contributed by atoms with Crippen molar-refractivity contribution in [2.24, 2.45) is 0 Å². The average molecular weight is 242 g/mol. The molecule has 0 saturated heterocycles. The third kappa shape index (κ3) is 3.82. The summed E-state index contributed by atoms with van der Waals surface area (Å²) in [7, 11) is 0. The van der Waals surface area contributed by atoms with E-state index < -0.39 is 0 Å². The molecule has 0 spiro atoms. The van der Waals surface area contributed by atoms with Crippen molar-refractivity contribution >= 4 is 5.57 Å². The highest BCUT2D eigenvalue weighted by atomic mass is 15.4. The number of aryl methyl sites for hydroxylation is 1. The van der Waals surface area contributed by atoms with Crippen molar-refractivity contribution in [3.63, 3.8) is 0 Å². The van der Waals surface area contributed by atoms with Crippen molar-refractivity contribution in [1.82, 2.24) is 20.3 Å². The van der Waals surface area contributed by atoms with E-state index >= 15 is 0 Å². The molecule has 0 bridgehead atoms. The largest absolute Gasteiger partial charge is 0.313 e. The summed E-state index contributed by atoms with van der Waals surface area (Å²) in [5, 5.41) is 11.1. The monoisotopic (exact) mass is 242 g/mol. The zero-order valence-corrected chi connectivity index (χ0v) is 10.4. The number of nitrogens with one attached hydrogen (secondary N) is 1. The van der Waals surface area contributed by atoms with Crippen molar-refractivity contribution in [2.75, 3.05) is 13.1 Å². The second-order valence-corrected chi connectivity index (χ2v) is 4.17. The molecule has 0 fully saturated rings. The Kier molecular flexibility index (Phi) is 4.67. The first-order chi connectivity index (χ1) is 8.86. The first-order valence-electron chi connectivity index (χ1n) is 6.14. The van der Waals surface area contributed by atoms with Crippen molar-refractivity contribution < 1.29 is 0 Å². The van der Waals surface area contributed by atoms with Crippen LogP contribution in [0.5, 0.6) is 0 Å². The third-order valence-electron chi connectivity index (χ3n) is 2.73. The molecule has 0 aliphatic carbocycles. The van der Waals surface area contributed by atoms with E-state index in [-0.39, 0.29) is 0 Å². The minimum Gasteiger partial charge on any atom is -0.313 e. The maximum atomic E-state index is 4.08. The number of hydrogen-bond acceptors (Lipinski definition) is 3. The van der Waals surface area contributed by atoms with Gasteiger partial charge in [-0.15, -0.1) is 5.10 Å². The summed E-state index contributed by atoms with van der Waals surface area (Å²) in [4.78, 5) is 0. The predicted molar refractivity (Wildman–Crippen MR) is 73.0 cm³/mol. The molecule has 2 rings (SSSR count). The molecule has 18 heavy (non-hydrogen) atoms. The van der Waals surface area contributed by atoms with Crippen LogP contribution >= 0.6 is 0 Å². The van der Waals surface area contributed by atoms with Crippen LogP contribution in [0.25, 0.3) is 5.57 Å². The summed E-state index contributed by atoms with van der Waals surface area (Å²) < 4.78 is 1.84. The molecule has 0 aliphatic heterocycles. The van der Waals surface area contributed by atoms with Gasteiger partial charge in [0.25, 0.3) is 0 Å². The van der Waals surface area contributed by atoms with Gasteiger partial charge in [0.2, 0.25) is 0 Å². The van der Waals surface area contributed by atoms with Crippen LogP contribution in [-0.4, -0.2) is 28.1 Å². The van der Waals surface area contributed by atoms with E-state index in [0.717, 1.165) is 31.6 Å². The quantitative estimate of drug-likeness (QED) is 0.755. The van der Waals surface area contributed by atoms with Crippen molar-refractivity contribution in [3.8, 4) is 0 Å². The maximum absolute atomic E-state index is 4.08. The predicted octanol–water partition coefficient (Wildman–Crippen LogP) is 1.97. The molecular formula is C14H18N4. The molecule has 1 aromatic carbocycles. The number of nitrogens with zero attached hydrogens (tertiary/aromatic N) is 3. The van der Waals surface area contributed by atoms with Gasteiger partial charge in [-0.3, -0.25) is 4.68 Å². The van der Waals surface area contributed by atoms with Crippen LogP contribution in [0.2, 0.25) is 0 Å². The highest BCUT2D eigenvalue weighted by Crippen LogP contribution is 2.09. The van der Waals surface area contributed by atoms with Gasteiger partial charge in [0.15, 0.2) is 0 Å². The average Bonchev–Trinajstić information content (AvgIpc) is 2.92. The molecule has 0 radical (unpaired) electrons. The lowest BCUT2D eigenvalue weighted by atomic mass is 10.1. The Morgan fingerprint density at radius 1 is 1.28 bits per heavy atom. The van der Waals surface area contributed by atoms with Crippen LogP contribution in [-0.2, 0) is 6.54 Å². The molecule has 2 aromatic rings. The van der Waals surface area contributed by atoms with Gasteiger partial charge in [0.1, 0.15) is 0 Å². The third-order valence-corrected chi connectivity index (χ3v) is 2.73. The number of aromatic nitrogens is 3. The molecule has 4 heteroatoms. The molecule has 4 nitrogen and oxygen atoms in total. The molecule has 0 aliphatic rings. The summed E-state index contributed by atoms with van der Waals surface area (Å²) in [6.45, 7) is 6.75. The van der Waals surface area contributed by atoms with Gasteiger partial charge >= 0.3 is 0 Å². The van der Waals surface area contributed by atoms with Gasteiger partial charge < -0.3 is 5.32 Å². The normalized spacial score (nSPS) is 10.4. The van der Waals surface area contributed by atoms with E-state index in [1.165, 1.54) is 5.56 Å². The van der Waals surface area contributed by atoms with Crippen LogP contribution in [0.1, 0.15) is 12.0 Å². The number of benzene rings is 1. The zero-order valence-electron chi connectivity index (χ0n) is 10.4. The summed E-state index contributed by atoms with van der Waals surface area (Å²) in [6, 6.07) is 10.2. The number of rotatable bonds is 7. The molecule has 0 amide bonds. The van der Waals surface area contributed by atoms with Crippen LogP contribution in [0.4, 0.5) is 0 Å². The topological polar surface area (TPSA) is 42.7 Å². The van der Waals surface area contributed by atoms with Crippen molar-refractivity contribution in [1.29, 1.82) is 0 Å². The van der Waals surface area contributed by atoms with E-state index in [9.17, 15) is 0 Å². The molecule has 1 aromatic heterocycles. The highest BCUT2D eigenvalue weighted by Gasteiger charge is 1.97. The van der Waals surface area contributed by atoms with E-state index in [0.29, 0.717) is 0 Å². The van der Waals surface area contributed by atoms with Crippen LogP contribution in [0.3, 0.4) is 0 Å². The van der Waals surface area contributed by atoms with Crippen LogP contribution < -0.4 is 5.32 Å². The minimum atomic E-state index is 0.821. The van der Waals surface area contributed by atoms with Crippen molar-refractivity contribution in [3.05, 3.63) is 54.9 Å². The fraction of sp³-hybridized carbons (Fsp3) is 0.286. The Bertz CT molecular complexity index is 462. The molecule has 0 atom stereocenters. The van der Waals surface area contributed by atoms with Gasteiger partial charge in [0, 0.05) is 19.3 Å². The lowest BCUT2D eigenvalue weighted by Gasteiger charge is -2.07. The molecule has 1 heterocycles. The second-order valence-electron chi connectivity index (χ2n) is 4.17. The Morgan fingerprint density at radius 3 is 2.83 bits per heavy atom. The fourth-order valence-corrected chi connectivity index (χ4v) is 1.73. The minimum absolute atomic E-state index is 0.821. The lowest BCUT2D eigenvalue weighted by Crippen LogP contribution is -2.19. The summed E-state index contributed by atoms with van der Waals surface area (Å²) in [6.07, 6.45) is 4.61. The molecule has 0 unspecified atom stereocenters. The van der Waals surface area contributed by atoms with E-state index in [1.54, 1.807) is 6.20 Å². The molecular weight excluding hydrogens is 224 g/mol. The SMILES string of the molecule is C=C(CNCCCn1ccnn1)c1ccccc1. The molecule has 94 valence electrons. The first-order valence-corrected chi connectivity index (χ1v) is 6.14. The summed E-state index contributed by atoms with van der Waals surface area (Å²) >= 11 is 0. The first kappa shape index (κ1) is 12.5. The Morgan fingerprint density at radius 2 is 2.11 bits per heavy atom. The maximum Gasteiger partial charge on any atom is 0.0692 e. The highest BCUT2D eigenvalue weighted by molar-refractivity contribution is 5.64. The summed E-state index contributed by atoms with van der Waals surface area (Å²) in [5.74, 6) is 0. The Hall–Kier alpha value is -1.94. The Labute approximate surface area is 107 Å². The van der Waals surface area contributed by atoms with E-state index in [2.05, 4.69) is 34.3 Å². The summed E-state index contributed by atoms with van der Waals surface area (Å²) in [5.41, 5.74) is 2.32. The van der Waals surface area contributed by atoms with Crippen LogP contribution in [0, 0.1) is 0 Å². The molecule has 1 N–H and O–H groups in total. The second kappa shape index (κ2) is 6.71. The zero-order chi connectivity index (χ0) is 12.6. The van der Waals surface area contributed by atoms with E-state index in [1.807, 2.05) is 29.1 Å². The van der Waals surface area contributed by atoms with E-state index in [4.69, 9.17) is 0 Å². The molecule has 0 saturated carbocycles. The smallest absolute Gasteiger partial charge is 0.0692 e. The number of hydrogen-bond donors (Lipinski definition) is 1. The van der Waals surface area contributed by atoms with Crippen LogP contribution in [0.15, 0.2) is 49.3 Å². The van der Waals surface area contributed by atoms with Gasteiger partial charge in [-0.25, -0.2) is 0 Å². The Balaban J connectivity index is 1.62. The van der Waals surface area contributed by atoms with Gasteiger partial charge in [0.05, 0.1) is 6.20 Å². The van der Waals surface area contributed by atoms with Gasteiger partial charge in [-0.05, 0) is 24.1 Å². The fourth-order valence-electron chi connectivity index (χ4n) is 1.73. The standard InChI is InChI=1S/C14H18N4/c1-13(14-6-3-2-4-7-14)12-15-8-5-10-18-11-9-16-17-18/h2-4,6-7,9,11,15H,1,5,8,10,12H2. The van der Waals surface area contributed by atoms with Gasteiger partial charge in [-0.2, -0.15) is 0 Å².